The van der Waals surface area contributed by atoms with Crippen molar-refractivity contribution in [3.63, 3.8) is 0 Å². The van der Waals surface area contributed by atoms with Gasteiger partial charge < -0.3 is 10.1 Å². The molecule has 0 aliphatic carbocycles. The van der Waals surface area contributed by atoms with Crippen molar-refractivity contribution in [2.75, 3.05) is 11.9 Å². The number of aryl methyl sites for hydroxylation is 2. The van der Waals surface area contributed by atoms with Crippen molar-refractivity contribution in [2.45, 2.75) is 27.4 Å². The van der Waals surface area contributed by atoms with E-state index in [2.05, 4.69) is 34.8 Å². The van der Waals surface area contributed by atoms with E-state index in [0.717, 1.165) is 28.6 Å². The van der Waals surface area contributed by atoms with E-state index in [1.165, 1.54) is 17.1 Å². The van der Waals surface area contributed by atoms with Crippen LogP contribution in [0.4, 0.5) is 5.00 Å². The number of nitrogens with one attached hydrogen (secondary N) is 1. The van der Waals surface area contributed by atoms with Gasteiger partial charge in [-0.3, -0.25) is 0 Å². The first-order valence-corrected chi connectivity index (χ1v) is 6.73. The number of nitrogens with zero attached hydrogens (tertiary/aromatic N) is 2. The first-order valence-electron chi connectivity index (χ1n) is 5.96. The molecule has 96 valence electrons. The molecule has 2 aromatic rings. The van der Waals surface area contributed by atoms with Gasteiger partial charge in [-0.05, 0) is 32.4 Å². The van der Waals surface area contributed by atoms with Crippen molar-refractivity contribution >= 4 is 16.5 Å². The topological polar surface area (TPSA) is 47.0 Å². The summed E-state index contributed by atoms with van der Waals surface area (Å²) in [4.78, 5) is 0. The molecule has 0 saturated heterocycles. The van der Waals surface area contributed by atoms with Crippen molar-refractivity contribution in [1.82, 2.24) is 9.59 Å². The van der Waals surface area contributed by atoms with Crippen molar-refractivity contribution in [3.05, 3.63) is 35.0 Å². The summed E-state index contributed by atoms with van der Waals surface area (Å²) >= 11 is 1.36. The van der Waals surface area contributed by atoms with E-state index in [9.17, 15) is 0 Å². The average molecular weight is 263 g/mol. The summed E-state index contributed by atoms with van der Waals surface area (Å²) in [6.45, 7) is 7.48. The minimum Gasteiger partial charge on any atom is -0.487 e. The smallest absolute Gasteiger partial charge is 0.136 e. The molecule has 0 atom stereocenters. The van der Waals surface area contributed by atoms with Crippen LogP contribution in [-0.4, -0.2) is 16.1 Å². The Labute approximate surface area is 111 Å². The van der Waals surface area contributed by atoms with Crippen molar-refractivity contribution < 1.29 is 4.74 Å². The van der Waals surface area contributed by atoms with Crippen LogP contribution in [0.1, 0.15) is 23.7 Å². The van der Waals surface area contributed by atoms with Crippen molar-refractivity contribution in [1.29, 1.82) is 0 Å². The number of hydrogen-bond acceptors (Lipinski definition) is 5. The third-order valence-corrected chi connectivity index (χ3v) is 3.31. The SMILES string of the molecule is CCNc1snnc1COc1ccc(C)cc1C. The molecule has 0 saturated carbocycles. The molecule has 1 aromatic carbocycles. The predicted molar refractivity (Wildman–Crippen MR) is 74.3 cm³/mol. The zero-order chi connectivity index (χ0) is 13.0. The summed E-state index contributed by atoms with van der Waals surface area (Å²) < 4.78 is 9.73. The molecular formula is C13H17N3OS. The Morgan fingerprint density at radius 1 is 1.33 bits per heavy atom. The molecule has 2 rings (SSSR count). The monoisotopic (exact) mass is 263 g/mol. The van der Waals surface area contributed by atoms with Crippen LogP contribution in [0.25, 0.3) is 0 Å². The van der Waals surface area contributed by atoms with Gasteiger partial charge in [-0.15, -0.1) is 5.10 Å². The molecule has 1 aromatic heterocycles. The average Bonchev–Trinajstić information content (AvgIpc) is 2.76. The van der Waals surface area contributed by atoms with Gasteiger partial charge in [-0.25, -0.2) is 0 Å². The lowest BCUT2D eigenvalue weighted by Gasteiger charge is -2.09. The Bertz CT molecular complexity index is 525. The molecular weight excluding hydrogens is 246 g/mol. The summed E-state index contributed by atoms with van der Waals surface area (Å²) in [5, 5.41) is 8.30. The van der Waals surface area contributed by atoms with Gasteiger partial charge in [0.15, 0.2) is 0 Å². The van der Waals surface area contributed by atoms with E-state index in [1.807, 2.05) is 19.1 Å². The first kappa shape index (κ1) is 12.8. The van der Waals surface area contributed by atoms with E-state index in [-0.39, 0.29) is 0 Å². The molecule has 0 aliphatic heterocycles. The Kier molecular flexibility index (Phi) is 4.15. The second-order valence-electron chi connectivity index (χ2n) is 4.14. The second kappa shape index (κ2) is 5.82. The molecule has 0 radical (unpaired) electrons. The fourth-order valence-electron chi connectivity index (χ4n) is 1.71. The highest BCUT2D eigenvalue weighted by Crippen LogP contribution is 2.22. The molecule has 1 N–H and O–H groups in total. The minimum atomic E-state index is 0.447. The van der Waals surface area contributed by atoms with Crippen LogP contribution >= 0.6 is 11.5 Å². The van der Waals surface area contributed by atoms with E-state index in [0.29, 0.717) is 6.61 Å². The van der Waals surface area contributed by atoms with Gasteiger partial charge in [-0.1, -0.05) is 22.2 Å². The number of hydrogen-bond donors (Lipinski definition) is 1. The van der Waals surface area contributed by atoms with Gasteiger partial charge in [0, 0.05) is 18.1 Å². The highest BCUT2D eigenvalue weighted by Gasteiger charge is 2.08. The third-order valence-electron chi connectivity index (χ3n) is 2.59. The van der Waals surface area contributed by atoms with Gasteiger partial charge in [0.2, 0.25) is 0 Å². The lowest BCUT2D eigenvalue weighted by Crippen LogP contribution is -2.03. The van der Waals surface area contributed by atoms with Gasteiger partial charge in [-0.2, -0.15) is 0 Å². The molecule has 0 fully saturated rings. The maximum Gasteiger partial charge on any atom is 0.136 e. The van der Waals surface area contributed by atoms with Crippen LogP contribution in [0.2, 0.25) is 0 Å². The van der Waals surface area contributed by atoms with Crippen LogP contribution in [0.3, 0.4) is 0 Å². The predicted octanol–water partition coefficient (Wildman–Crippen LogP) is 3.17. The molecule has 5 heteroatoms. The maximum absolute atomic E-state index is 5.79. The fraction of sp³-hybridized carbons (Fsp3) is 0.385. The van der Waals surface area contributed by atoms with Crippen LogP contribution in [0.15, 0.2) is 18.2 Å². The number of rotatable bonds is 5. The normalized spacial score (nSPS) is 10.4. The Balaban J connectivity index is 2.04. The van der Waals surface area contributed by atoms with E-state index in [4.69, 9.17) is 4.74 Å². The van der Waals surface area contributed by atoms with Crippen LogP contribution in [0.5, 0.6) is 5.75 Å². The van der Waals surface area contributed by atoms with Gasteiger partial charge in [0.25, 0.3) is 0 Å². The second-order valence-corrected chi connectivity index (χ2v) is 4.89. The first-order chi connectivity index (χ1) is 8.70. The summed E-state index contributed by atoms with van der Waals surface area (Å²) in [7, 11) is 0. The number of benzene rings is 1. The van der Waals surface area contributed by atoms with Crippen LogP contribution in [0, 0.1) is 13.8 Å². The molecule has 0 aliphatic rings. The van der Waals surface area contributed by atoms with Crippen molar-refractivity contribution in [2.24, 2.45) is 0 Å². The molecule has 1 heterocycles. The lowest BCUT2D eigenvalue weighted by molar-refractivity contribution is 0.299. The van der Waals surface area contributed by atoms with Gasteiger partial charge >= 0.3 is 0 Å². The summed E-state index contributed by atoms with van der Waals surface area (Å²) in [5.41, 5.74) is 3.24. The number of aromatic nitrogens is 2. The quantitative estimate of drug-likeness (QED) is 0.900. The lowest BCUT2D eigenvalue weighted by atomic mass is 10.1. The Morgan fingerprint density at radius 2 is 2.17 bits per heavy atom. The molecule has 18 heavy (non-hydrogen) atoms. The minimum absolute atomic E-state index is 0.447. The largest absolute Gasteiger partial charge is 0.487 e. The summed E-state index contributed by atoms with van der Waals surface area (Å²) in [6, 6.07) is 6.16. The summed E-state index contributed by atoms with van der Waals surface area (Å²) in [5.74, 6) is 0.899. The highest BCUT2D eigenvalue weighted by atomic mass is 32.1. The van der Waals surface area contributed by atoms with E-state index in [1.54, 1.807) is 0 Å². The van der Waals surface area contributed by atoms with Gasteiger partial charge in [0.1, 0.15) is 23.1 Å². The van der Waals surface area contributed by atoms with E-state index >= 15 is 0 Å². The standard InChI is InChI=1S/C13H17N3OS/c1-4-14-13-11(15-16-18-13)8-17-12-6-5-9(2)7-10(12)3/h5-7,14H,4,8H2,1-3H3. The van der Waals surface area contributed by atoms with Crippen LogP contribution < -0.4 is 10.1 Å². The molecule has 4 nitrogen and oxygen atoms in total. The zero-order valence-electron chi connectivity index (χ0n) is 10.9. The Hall–Kier alpha value is -1.62. The fourth-order valence-corrected chi connectivity index (χ4v) is 2.34. The molecule has 0 bridgehead atoms. The molecule has 0 amide bonds. The Morgan fingerprint density at radius 3 is 2.89 bits per heavy atom. The van der Waals surface area contributed by atoms with Gasteiger partial charge in [0.05, 0.1) is 0 Å². The molecule has 0 spiro atoms. The number of ether oxygens (including phenoxy) is 1. The van der Waals surface area contributed by atoms with E-state index < -0.39 is 0 Å². The zero-order valence-corrected chi connectivity index (χ0v) is 11.7. The number of anilines is 1. The summed E-state index contributed by atoms with van der Waals surface area (Å²) in [6.07, 6.45) is 0. The van der Waals surface area contributed by atoms with Crippen LogP contribution in [-0.2, 0) is 6.61 Å². The molecule has 0 unspecified atom stereocenters. The maximum atomic E-state index is 5.79. The third kappa shape index (κ3) is 2.98. The highest BCUT2D eigenvalue weighted by molar-refractivity contribution is 7.10. The van der Waals surface area contributed by atoms with Crippen molar-refractivity contribution in [3.8, 4) is 5.75 Å².